The summed E-state index contributed by atoms with van der Waals surface area (Å²) < 4.78 is 1.23. The number of aromatic nitrogens is 1. The molecule has 0 saturated heterocycles. The summed E-state index contributed by atoms with van der Waals surface area (Å²) in [5.74, 6) is 0. The highest BCUT2D eigenvalue weighted by atomic mass is 32.1. The van der Waals surface area contributed by atoms with E-state index in [1.165, 1.54) is 38.1 Å². The number of fused-ring (bicyclic) bond motifs is 1. The molecule has 0 fully saturated rings. The van der Waals surface area contributed by atoms with E-state index in [0.29, 0.717) is 0 Å². The Balaban J connectivity index is 1.22. The Labute approximate surface area is 197 Å². The van der Waals surface area contributed by atoms with Crippen molar-refractivity contribution in [3.8, 4) is 44.0 Å². The summed E-state index contributed by atoms with van der Waals surface area (Å²) >= 11 is 1.74. The van der Waals surface area contributed by atoms with E-state index in [1.807, 2.05) is 12.1 Å². The van der Waals surface area contributed by atoms with E-state index in [0.717, 1.165) is 16.1 Å². The van der Waals surface area contributed by atoms with Gasteiger partial charge in [-0.3, -0.25) is 0 Å². The molecule has 1 nitrogen and oxygen atoms in total. The predicted octanol–water partition coefficient (Wildman–Crippen LogP) is 8.96. The van der Waals surface area contributed by atoms with Crippen LogP contribution in [-0.2, 0) is 0 Å². The van der Waals surface area contributed by atoms with Crippen LogP contribution < -0.4 is 0 Å². The molecule has 0 atom stereocenters. The van der Waals surface area contributed by atoms with Crippen LogP contribution in [0, 0.1) is 0 Å². The molecule has 6 aromatic rings. The smallest absolute Gasteiger partial charge is 0.124 e. The molecule has 5 aromatic carbocycles. The highest BCUT2D eigenvalue weighted by molar-refractivity contribution is 7.21. The first-order chi connectivity index (χ1) is 16.3. The normalized spacial score (nSPS) is 11.0. The molecule has 33 heavy (non-hydrogen) atoms. The average molecular weight is 440 g/mol. The van der Waals surface area contributed by atoms with Gasteiger partial charge in [-0.2, -0.15) is 0 Å². The minimum Gasteiger partial charge on any atom is -0.236 e. The van der Waals surface area contributed by atoms with Gasteiger partial charge in [0.1, 0.15) is 5.01 Å². The SMILES string of the molecule is c1ccc(-c2ccc(-c3ccc(-c4ccc(-c5nc6ccccc6s5)cc4)cc3)cc2)cc1. The molecule has 0 aliphatic carbocycles. The van der Waals surface area contributed by atoms with Gasteiger partial charge in [0.2, 0.25) is 0 Å². The molecule has 6 rings (SSSR count). The fraction of sp³-hybridized carbons (Fsp3) is 0. The van der Waals surface area contributed by atoms with Crippen molar-refractivity contribution >= 4 is 21.6 Å². The molecule has 0 radical (unpaired) electrons. The molecule has 0 aliphatic rings. The first kappa shape index (κ1) is 19.7. The van der Waals surface area contributed by atoms with Crippen LogP contribution in [0.1, 0.15) is 0 Å². The van der Waals surface area contributed by atoms with Crippen molar-refractivity contribution < 1.29 is 0 Å². The van der Waals surface area contributed by atoms with E-state index >= 15 is 0 Å². The number of para-hydroxylation sites is 1. The summed E-state index contributed by atoms with van der Waals surface area (Å²) in [6, 6.07) is 45.1. The number of rotatable bonds is 4. The summed E-state index contributed by atoms with van der Waals surface area (Å²) in [6.07, 6.45) is 0. The van der Waals surface area contributed by atoms with Crippen LogP contribution >= 0.6 is 11.3 Å². The molecular formula is C31H21NS. The topological polar surface area (TPSA) is 12.9 Å². The lowest BCUT2D eigenvalue weighted by Crippen LogP contribution is -1.82. The van der Waals surface area contributed by atoms with E-state index in [1.54, 1.807) is 11.3 Å². The highest BCUT2D eigenvalue weighted by Crippen LogP contribution is 2.32. The molecule has 0 bridgehead atoms. The third-order valence-electron chi connectivity index (χ3n) is 5.97. The molecular weight excluding hydrogens is 418 g/mol. The average Bonchev–Trinajstić information content (AvgIpc) is 3.34. The lowest BCUT2D eigenvalue weighted by molar-refractivity contribution is 1.47. The van der Waals surface area contributed by atoms with Crippen LogP contribution in [0.3, 0.4) is 0 Å². The number of hydrogen-bond donors (Lipinski definition) is 0. The van der Waals surface area contributed by atoms with Crippen LogP contribution in [-0.4, -0.2) is 4.98 Å². The third kappa shape index (κ3) is 3.97. The largest absolute Gasteiger partial charge is 0.236 e. The molecule has 0 amide bonds. The van der Waals surface area contributed by atoms with Gasteiger partial charge in [0.05, 0.1) is 10.2 Å². The van der Waals surface area contributed by atoms with Gasteiger partial charge in [-0.1, -0.05) is 115 Å². The monoisotopic (exact) mass is 439 g/mol. The lowest BCUT2D eigenvalue weighted by Gasteiger charge is -2.07. The molecule has 1 aromatic heterocycles. The molecule has 0 saturated carbocycles. The maximum atomic E-state index is 4.77. The van der Waals surface area contributed by atoms with Gasteiger partial charge in [-0.25, -0.2) is 4.98 Å². The fourth-order valence-corrected chi connectivity index (χ4v) is 5.11. The maximum absolute atomic E-state index is 4.77. The van der Waals surface area contributed by atoms with Gasteiger partial charge >= 0.3 is 0 Å². The first-order valence-electron chi connectivity index (χ1n) is 11.1. The predicted molar refractivity (Wildman–Crippen MR) is 141 cm³/mol. The number of hydrogen-bond acceptors (Lipinski definition) is 2. The minimum absolute atomic E-state index is 1.06. The van der Waals surface area contributed by atoms with Crippen molar-refractivity contribution in [2.45, 2.75) is 0 Å². The number of nitrogens with zero attached hydrogens (tertiary/aromatic N) is 1. The van der Waals surface area contributed by atoms with Crippen LogP contribution in [0.2, 0.25) is 0 Å². The van der Waals surface area contributed by atoms with Gasteiger partial charge in [0.15, 0.2) is 0 Å². The molecule has 1 heterocycles. The summed E-state index contributed by atoms with van der Waals surface area (Å²) in [5, 5.41) is 1.07. The third-order valence-corrected chi connectivity index (χ3v) is 7.05. The summed E-state index contributed by atoms with van der Waals surface area (Å²) in [4.78, 5) is 4.77. The zero-order valence-corrected chi connectivity index (χ0v) is 18.8. The molecule has 0 spiro atoms. The summed E-state index contributed by atoms with van der Waals surface area (Å²) in [7, 11) is 0. The standard InChI is InChI=1S/C31H21NS/c1-2-6-22(7-3-1)23-10-12-24(13-11-23)25-14-16-26(17-15-25)27-18-20-28(21-19-27)31-32-29-8-4-5-9-30(29)33-31/h1-21H. The van der Waals surface area contributed by atoms with Crippen molar-refractivity contribution in [3.63, 3.8) is 0 Å². The molecule has 0 aliphatic heterocycles. The molecule has 2 heteroatoms. The van der Waals surface area contributed by atoms with E-state index in [4.69, 9.17) is 4.98 Å². The second kappa shape index (κ2) is 8.50. The summed E-state index contributed by atoms with van der Waals surface area (Å²) in [5.41, 5.74) is 9.60. The van der Waals surface area contributed by atoms with Crippen molar-refractivity contribution in [3.05, 3.63) is 127 Å². The van der Waals surface area contributed by atoms with E-state index in [-0.39, 0.29) is 0 Å². The Morgan fingerprint density at radius 2 is 0.758 bits per heavy atom. The van der Waals surface area contributed by atoms with E-state index < -0.39 is 0 Å². The van der Waals surface area contributed by atoms with E-state index in [2.05, 4.69) is 115 Å². The minimum atomic E-state index is 1.06. The van der Waals surface area contributed by atoms with Gasteiger partial charge in [0, 0.05) is 5.56 Å². The van der Waals surface area contributed by atoms with Crippen molar-refractivity contribution in [1.29, 1.82) is 0 Å². The maximum Gasteiger partial charge on any atom is 0.124 e. The molecule has 156 valence electrons. The Kier molecular flexibility index (Phi) is 5.06. The van der Waals surface area contributed by atoms with Crippen LogP contribution in [0.5, 0.6) is 0 Å². The quantitative estimate of drug-likeness (QED) is 0.267. The Hall–Kier alpha value is -4.01. The summed E-state index contributed by atoms with van der Waals surface area (Å²) in [6.45, 7) is 0. The highest BCUT2D eigenvalue weighted by Gasteiger charge is 2.07. The second-order valence-electron chi connectivity index (χ2n) is 8.08. The first-order valence-corrected chi connectivity index (χ1v) is 11.9. The van der Waals surface area contributed by atoms with Gasteiger partial charge in [-0.05, 0) is 45.5 Å². The Morgan fingerprint density at radius 1 is 0.364 bits per heavy atom. The fourth-order valence-electron chi connectivity index (χ4n) is 4.14. The zero-order valence-electron chi connectivity index (χ0n) is 18.0. The molecule has 0 N–H and O–H groups in total. The zero-order chi connectivity index (χ0) is 22.0. The van der Waals surface area contributed by atoms with Crippen molar-refractivity contribution in [2.75, 3.05) is 0 Å². The van der Waals surface area contributed by atoms with Gasteiger partial charge < -0.3 is 0 Å². The van der Waals surface area contributed by atoms with E-state index in [9.17, 15) is 0 Å². The van der Waals surface area contributed by atoms with Crippen molar-refractivity contribution in [1.82, 2.24) is 4.98 Å². The Morgan fingerprint density at radius 3 is 1.24 bits per heavy atom. The van der Waals surface area contributed by atoms with Crippen LogP contribution in [0.4, 0.5) is 0 Å². The van der Waals surface area contributed by atoms with Crippen LogP contribution in [0.15, 0.2) is 127 Å². The number of benzene rings is 5. The van der Waals surface area contributed by atoms with Crippen molar-refractivity contribution in [2.24, 2.45) is 0 Å². The second-order valence-corrected chi connectivity index (χ2v) is 9.12. The Bertz CT molecular complexity index is 1480. The lowest BCUT2D eigenvalue weighted by atomic mass is 9.98. The van der Waals surface area contributed by atoms with Gasteiger partial charge in [0.25, 0.3) is 0 Å². The number of thiazole rings is 1. The molecule has 0 unspecified atom stereocenters. The van der Waals surface area contributed by atoms with Gasteiger partial charge in [-0.15, -0.1) is 11.3 Å². The van der Waals surface area contributed by atoms with Crippen LogP contribution in [0.25, 0.3) is 54.2 Å².